The SMILES string of the molecule is COc1ccc(C(O)C(O)CC#N)c([N+](=O)[O-])c1. The number of rotatable bonds is 5. The molecule has 1 aromatic carbocycles. The Balaban J connectivity index is 3.15. The second-order valence-corrected chi connectivity index (χ2v) is 3.56. The van der Waals surface area contributed by atoms with E-state index in [1.165, 1.54) is 19.2 Å². The van der Waals surface area contributed by atoms with Crippen LogP contribution in [0.1, 0.15) is 18.1 Å². The standard InChI is InChI=1S/C11H12N2O5/c1-18-7-2-3-8(9(6-7)13(16)17)11(15)10(14)4-5-12/h2-3,6,10-11,14-15H,4H2,1H3. The predicted octanol–water partition coefficient (Wildman–Crippen LogP) is 0.911. The van der Waals surface area contributed by atoms with Gasteiger partial charge in [-0.3, -0.25) is 10.1 Å². The van der Waals surface area contributed by atoms with Crippen LogP contribution in [-0.4, -0.2) is 28.4 Å². The van der Waals surface area contributed by atoms with Crippen molar-refractivity contribution in [3.63, 3.8) is 0 Å². The van der Waals surface area contributed by atoms with E-state index in [1.807, 2.05) is 0 Å². The first-order valence-corrected chi connectivity index (χ1v) is 5.06. The summed E-state index contributed by atoms with van der Waals surface area (Å²) in [6, 6.07) is 5.56. The van der Waals surface area contributed by atoms with E-state index in [4.69, 9.17) is 10.00 Å². The number of ether oxygens (including phenoxy) is 1. The molecule has 0 amide bonds. The zero-order valence-electron chi connectivity index (χ0n) is 9.61. The van der Waals surface area contributed by atoms with Crippen LogP contribution in [0.5, 0.6) is 5.75 Å². The fourth-order valence-electron chi connectivity index (χ4n) is 1.47. The van der Waals surface area contributed by atoms with Crippen LogP contribution in [0.25, 0.3) is 0 Å². The summed E-state index contributed by atoms with van der Waals surface area (Å²) < 4.78 is 4.85. The van der Waals surface area contributed by atoms with Gasteiger partial charge in [0.25, 0.3) is 5.69 Å². The monoisotopic (exact) mass is 252 g/mol. The summed E-state index contributed by atoms with van der Waals surface area (Å²) in [5, 5.41) is 38.5. The van der Waals surface area contributed by atoms with Gasteiger partial charge in [0.2, 0.25) is 0 Å². The molecule has 0 radical (unpaired) electrons. The highest BCUT2D eigenvalue weighted by Gasteiger charge is 2.26. The number of nitriles is 1. The van der Waals surface area contributed by atoms with E-state index in [9.17, 15) is 20.3 Å². The highest BCUT2D eigenvalue weighted by Crippen LogP contribution is 2.31. The molecule has 7 heteroatoms. The van der Waals surface area contributed by atoms with Gasteiger partial charge in [-0.2, -0.15) is 5.26 Å². The minimum atomic E-state index is -1.49. The van der Waals surface area contributed by atoms with Gasteiger partial charge in [0.1, 0.15) is 11.9 Å². The summed E-state index contributed by atoms with van der Waals surface area (Å²) in [7, 11) is 1.36. The third-order valence-corrected chi connectivity index (χ3v) is 2.42. The van der Waals surface area contributed by atoms with Crippen molar-refractivity contribution in [3.8, 4) is 11.8 Å². The van der Waals surface area contributed by atoms with Gasteiger partial charge in [-0.1, -0.05) is 0 Å². The van der Waals surface area contributed by atoms with Gasteiger partial charge in [-0.15, -0.1) is 0 Å². The fourth-order valence-corrected chi connectivity index (χ4v) is 1.47. The van der Waals surface area contributed by atoms with Gasteiger partial charge in [0.15, 0.2) is 0 Å². The molecule has 1 aromatic rings. The molecular formula is C11H12N2O5. The first kappa shape index (κ1) is 13.9. The number of benzene rings is 1. The number of aliphatic hydroxyl groups excluding tert-OH is 2. The maximum atomic E-state index is 10.9. The quantitative estimate of drug-likeness (QED) is 0.594. The van der Waals surface area contributed by atoms with Crippen molar-refractivity contribution in [2.45, 2.75) is 18.6 Å². The molecule has 0 aliphatic rings. The second kappa shape index (κ2) is 5.95. The minimum absolute atomic E-state index is 0.0523. The molecule has 0 saturated carbocycles. The molecule has 0 aliphatic heterocycles. The summed E-state index contributed by atoms with van der Waals surface area (Å²) >= 11 is 0. The Labute approximate surface area is 103 Å². The van der Waals surface area contributed by atoms with Crippen molar-refractivity contribution in [1.29, 1.82) is 5.26 Å². The normalized spacial score (nSPS) is 13.4. The number of hydrogen-bond donors (Lipinski definition) is 2. The largest absolute Gasteiger partial charge is 0.497 e. The Bertz CT molecular complexity index is 483. The fraction of sp³-hybridized carbons (Fsp3) is 0.364. The van der Waals surface area contributed by atoms with E-state index in [2.05, 4.69) is 0 Å². The summed E-state index contributed by atoms with van der Waals surface area (Å²) in [6.07, 6.45) is -3.18. The molecule has 2 unspecified atom stereocenters. The molecule has 0 saturated heterocycles. The second-order valence-electron chi connectivity index (χ2n) is 3.56. The Morgan fingerprint density at radius 3 is 2.72 bits per heavy atom. The zero-order chi connectivity index (χ0) is 13.7. The Morgan fingerprint density at radius 2 is 2.22 bits per heavy atom. The number of nitro groups is 1. The lowest BCUT2D eigenvalue weighted by molar-refractivity contribution is -0.386. The number of methoxy groups -OCH3 is 1. The predicted molar refractivity (Wildman–Crippen MR) is 60.8 cm³/mol. The van der Waals surface area contributed by atoms with Crippen LogP contribution >= 0.6 is 0 Å². The molecule has 96 valence electrons. The van der Waals surface area contributed by atoms with Gasteiger partial charge in [0, 0.05) is 0 Å². The molecule has 0 aliphatic carbocycles. The van der Waals surface area contributed by atoms with Crippen molar-refractivity contribution in [2.75, 3.05) is 7.11 Å². The summed E-state index contributed by atoms with van der Waals surface area (Å²) in [5.41, 5.74) is -0.414. The molecular weight excluding hydrogens is 240 g/mol. The maximum absolute atomic E-state index is 10.9. The van der Waals surface area contributed by atoms with Crippen molar-refractivity contribution in [1.82, 2.24) is 0 Å². The molecule has 0 bridgehead atoms. The Morgan fingerprint density at radius 1 is 1.56 bits per heavy atom. The first-order chi connectivity index (χ1) is 8.51. The third kappa shape index (κ3) is 2.94. The third-order valence-electron chi connectivity index (χ3n) is 2.42. The number of nitrogens with zero attached hydrogens (tertiary/aromatic N) is 2. The lowest BCUT2D eigenvalue weighted by Crippen LogP contribution is -2.18. The van der Waals surface area contributed by atoms with Crippen LogP contribution in [0.2, 0.25) is 0 Å². The van der Waals surface area contributed by atoms with Gasteiger partial charge in [-0.05, 0) is 12.1 Å². The molecule has 2 atom stereocenters. The van der Waals surface area contributed by atoms with Crippen LogP contribution in [0, 0.1) is 21.4 Å². The minimum Gasteiger partial charge on any atom is -0.497 e. The zero-order valence-corrected chi connectivity index (χ0v) is 9.61. The van der Waals surface area contributed by atoms with E-state index in [0.717, 1.165) is 6.07 Å². The highest BCUT2D eigenvalue weighted by molar-refractivity contribution is 5.47. The van der Waals surface area contributed by atoms with Crippen molar-refractivity contribution >= 4 is 5.69 Å². The molecule has 2 N–H and O–H groups in total. The molecule has 18 heavy (non-hydrogen) atoms. The first-order valence-electron chi connectivity index (χ1n) is 5.06. The average molecular weight is 252 g/mol. The lowest BCUT2D eigenvalue weighted by atomic mass is 10.0. The van der Waals surface area contributed by atoms with Crippen molar-refractivity contribution in [3.05, 3.63) is 33.9 Å². The van der Waals surface area contributed by atoms with Crippen molar-refractivity contribution in [2.24, 2.45) is 0 Å². The number of aliphatic hydroxyl groups is 2. The molecule has 0 fully saturated rings. The van der Waals surface area contributed by atoms with Gasteiger partial charge >= 0.3 is 0 Å². The Kier molecular flexibility index (Phi) is 4.59. The highest BCUT2D eigenvalue weighted by atomic mass is 16.6. The smallest absolute Gasteiger partial charge is 0.279 e. The topological polar surface area (TPSA) is 117 Å². The van der Waals surface area contributed by atoms with E-state index in [0.29, 0.717) is 0 Å². The molecule has 0 aromatic heterocycles. The van der Waals surface area contributed by atoms with E-state index >= 15 is 0 Å². The van der Waals surface area contributed by atoms with E-state index < -0.39 is 17.1 Å². The van der Waals surface area contributed by atoms with Gasteiger partial charge in [0.05, 0.1) is 42.3 Å². The van der Waals surface area contributed by atoms with E-state index in [-0.39, 0.29) is 23.4 Å². The molecule has 1 rings (SSSR count). The van der Waals surface area contributed by atoms with E-state index in [1.54, 1.807) is 6.07 Å². The van der Waals surface area contributed by atoms with Crippen LogP contribution in [-0.2, 0) is 0 Å². The summed E-state index contributed by atoms with van der Waals surface area (Å²) in [4.78, 5) is 10.2. The number of hydrogen-bond acceptors (Lipinski definition) is 6. The van der Waals surface area contributed by atoms with Gasteiger partial charge in [-0.25, -0.2) is 0 Å². The van der Waals surface area contributed by atoms with Gasteiger partial charge < -0.3 is 14.9 Å². The average Bonchev–Trinajstić information content (AvgIpc) is 2.37. The molecule has 0 heterocycles. The summed E-state index contributed by atoms with van der Waals surface area (Å²) in [5.74, 6) is 0.271. The van der Waals surface area contributed by atoms with Crippen molar-refractivity contribution < 1.29 is 19.9 Å². The van der Waals surface area contributed by atoms with Crippen LogP contribution < -0.4 is 4.74 Å². The van der Waals surface area contributed by atoms with Crippen LogP contribution in [0.3, 0.4) is 0 Å². The molecule has 7 nitrogen and oxygen atoms in total. The lowest BCUT2D eigenvalue weighted by Gasteiger charge is -2.15. The molecule has 0 spiro atoms. The van der Waals surface area contributed by atoms with Crippen LogP contribution in [0.15, 0.2) is 18.2 Å². The Hall–Kier alpha value is -2.17. The maximum Gasteiger partial charge on any atom is 0.279 e. The number of nitro benzene ring substituents is 1. The van der Waals surface area contributed by atoms with Crippen LogP contribution in [0.4, 0.5) is 5.69 Å². The summed E-state index contributed by atoms with van der Waals surface area (Å²) in [6.45, 7) is 0.